The molecule has 2 unspecified atom stereocenters. The molecule has 3 rings (SSSR count). The fourth-order valence-corrected chi connectivity index (χ4v) is 3.29. The Labute approximate surface area is 141 Å². The van der Waals surface area contributed by atoms with Gasteiger partial charge in [0.15, 0.2) is 0 Å². The lowest BCUT2D eigenvalue weighted by Crippen LogP contribution is -2.46. The summed E-state index contributed by atoms with van der Waals surface area (Å²) in [5, 5.41) is 2.90. The minimum atomic E-state index is -0.796. The predicted octanol–water partition coefficient (Wildman–Crippen LogP) is 2.15. The van der Waals surface area contributed by atoms with Crippen LogP contribution in [-0.2, 0) is 14.3 Å². The maximum Gasteiger partial charge on any atom is 0.340 e. The number of nitrogens with one attached hydrogen (secondary N) is 1. The summed E-state index contributed by atoms with van der Waals surface area (Å²) in [4.78, 5) is 38.2. The first-order chi connectivity index (χ1) is 11.6. The number of unbranched alkanes of at least 4 members (excludes halogenated alkanes) is 2. The maximum absolute atomic E-state index is 12.5. The third-order valence-electron chi connectivity index (χ3n) is 4.56. The number of esters is 1. The van der Waals surface area contributed by atoms with Gasteiger partial charge in [-0.1, -0.05) is 38.0 Å². The largest absolute Gasteiger partial charge is 0.433 e. The van der Waals surface area contributed by atoms with Gasteiger partial charge in [0, 0.05) is 18.5 Å². The Hall–Kier alpha value is -2.37. The molecule has 1 aromatic rings. The average molecular weight is 330 g/mol. The van der Waals surface area contributed by atoms with Crippen LogP contribution in [0.15, 0.2) is 24.3 Å². The zero-order chi connectivity index (χ0) is 17.1. The molecule has 6 nitrogen and oxygen atoms in total. The molecule has 2 amide bonds. The molecular weight excluding hydrogens is 308 g/mol. The van der Waals surface area contributed by atoms with Crippen LogP contribution >= 0.6 is 0 Å². The second-order valence-electron chi connectivity index (χ2n) is 6.20. The van der Waals surface area contributed by atoms with Gasteiger partial charge in [-0.3, -0.25) is 14.5 Å². The number of fused-ring (bicyclic) bond motifs is 1. The molecule has 128 valence electrons. The molecule has 24 heavy (non-hydrogen) atoms. The first-order valence-electron chi connectivity index (χ1n) is 8.52. The van der Waals surface area contributed by atoms with Crippen LogP contribution in [0.2, 0.25) is 0 Å². The number of hydrogen-bond acceptors (Lipinski definition) is 4. The number of carbonyl (C=O) groups is 3. The summed E-state index contributed by atoms with van der Waals surface area (Å²) in [7, 11) is 0. The Morgan fingerprint density at radius 2 is 2.08 bits per heavy atom. The maximum atomic E-state index is 12.5. The van der Waals surface area contributed by atoms with Gasteiger partial charge in [0.1, 0.15) is 6.04 Å². The van der Waals surface area contributed by atoms with Gasteiger partial charge in [-0.2, -0.15) is 0 Å². The van der Waals surface area contributed by atoms with Gasteiger partial charge in [-0.15, -0.1) is 0 Å². The van der Waals surface area contributed by atoms with Crippen molar-refractivity contribution in [2.24, 2.45) is 0 Å². The first kappa shape index (κ1) is 16.5. The van der Waals surface area contributed by atoms with E-state index in [0.717, 1.165) is 19.3 Å². The second kappa shape index (κ2) is 7.03. The highest BCUT2D eigenvalue weighted by Crippen LogP contribution is 2.38. The van der Waals surface area contributed by atoms with E-state index in [0.29, 0.717) is 30.5 Å². The summed E-state index contributed by atoms with van der Waals surface area (Å²) in [5.74, 6) is -0.770. The Morgan fingerprint density at radius 1 is 1.29 bits per heavy atom. The average Bonchev–Trinajstić information content (AvgIpc) is 3.12. The Balaban J connectivity index is 1.75. The highest BCUT2D eigenvalue weighted by atomic mass is 16.6. The molecular formula is C18H22N2O4. The molecule has 2 atom stereocenters. The zero-order valence-corrected chi connectivity index (χ0v) is 13.8. The van der Waals surface area contributed by atoms with E-state index in [1.54, 1.807) is 24.3 Å². The Kier molecular flexibility index (Phi) is 4.83. The van der Waals surface area contributed by atoms with Crippen molar-refractivity contribution in [2.75, 3.05) is 6.54 Å². The molecule has 1 saturated heterocycles. The van der Waals surface area contributed by atoms with Crippen molar-refractivity contribution in [1.29, 1.82) is 0 Å². The fourth-order valence-electron chi connectivity index (χ4n) is 3.29. The van der Waals surface area contributed by atoms with Gasteiger partial charge in [0.25, 0.3) is 0 Å². The van der Waals surface area contributed by atoms with Crippen molar-refractivity contribution < 1.29 is 19.1 Å². The van der Waals surface area contributed by atoms with Crippen molar-refractivity contribution in [1.82, 2.24) is 10.2 Å². The number of cyclic esters (lactones) is 1. The lowest BCUT2D eigenvalue weighted by Gasteiger charge is -2.29. The summed E-state index contributed by atoms with van der Waals surface area (Å²) in [6.07, 6.45) is 3.01. The topological polar surface area (TPSA) is 75.7 Å². The summed E-state index contributed by atoms with van der Waals surface area (Å²) in [5.41, 5.74) is 1.12. The summed E-state index contributed by atoms with van der Waals surface area (Å²) < 4.78 is 5.40. The number of hydrogen-bond donors (Lipinski definition) is 1. The van der Waals surface area contributed by atoms with E-state index >= 15 is 0 Å². The van der Waals surface area contributed by atoms with Gasteiger partial charge in [-0.05, 0) is 18.9 Å². The fraction of sp³-hybridized carbons (Fsp3) is 0.500. The zero-order valence-electron chi connectivity index (χ0n) is 13.8. The minimum absolute atomic E-state index is 0.154. The van der Waals surface area contributed by atoms with Crippen LogP contribution in [0.1, 0.15) is 61.2 Å². The number of rotatable bonds is 6. The van der Waals surface area contributed by atoms with Gasteiger partial charge >= 0.3 is 5.97 Å². The van der Waals surface area contributed by atoms with Crippen LogP contribution in [0, 0.1) is 0 Å². The molecule has 1 N–H and O–H groups in total. The Bertz CT molecular complexity index is 658. The molecule has 0 radical (unpaired) electrons. The van der Waals surface area contributed by atoms with Gasteiger partial charge < -0.3 is 10.1 Å². The van der Waals surface area contributed by atoms with Crippen LogP contribution in [0.5, 0.6) is 0 Å². The van der Waals surface area contributed by atoms with Crippen LogP contribution in [0.25, 0.3) is 0 Å². The van der Waals surface area contributed by atoms with Crippen molar-refractivity contribution in [3.63, 3.8) is 0 Å². The van der Waals surface area contributed by atoms with Crippen molar-refractivity contribution in [3.8, 4) is 0 Å². The van der Waals surface area contributed by atoms with Crippen LogP contribution in [0.3, 0.4) is 0 Å². The molecule has 0 spiro atoms. The highest BCUT2D eigenvalue weighted by molar-refractivity contribution is 5.96. The highest BCUT2D eigenvalue weighted by Gasteiger charge is 2.46. The summed E-state index contributed by atoms with van der Waals surface area (Å²) in [6.45, 7) is 2.71. The second-order valence-corrected chi connectivity index (χ2v) is 6.20. The number of benzene rings is 1. The van der Waals surface area contributed by atoms with Gasteiger partial charge in [0.05, 0.1) is 5.56 Å². The number of likely N-dealkylation sites (tertiary alicyclic amines) is 1. The molecule has 0 saturated carbocycles. The smallest absolute Gasteiger partial charge is 0.340 e. The van der Waals surface area contributed by atoms with Gasteiger partial charge in [0.2, 0.25) is 18.0 Å². The number of ether oxygens (including phenoxy) is 1. The van der Waals surface area contributed by atoms with Crippen LogP contribution in [0.4, 0.5) is 0 Å². The van der Waals surface area contributed by atoms with E-state index in [4.69, 9.17) is 4.74 Å². The van der Waals surface area contributed by atoms with E-state index in [9.17, 15) is 14.4 Å². The summed E-state index contributed by atoms with van der Waals surface area (Å²) in [6, 6.07) is 6.42. The number of amides is 2. The summed E-state index contributed by atoms with van der Waals surface area (Å²) >= 11 is 0. The lowest BCUT2D eigenvalue weighted by molar-refractivity contribution is -0.145. The number of carbonyl (C=O) groups excluding carboxylic acids is 3. The molecule has 0 aliphatic carbocycles. The van der Waals surface area contributed by atoms with Crippen LogP contribution in [-0.4, -0.2) is 35.3 Å². The predicted molar refractivity (Wildman–Crippen MR) is 87.0 cm³/mol. The first-order valence-corrected chi connectivity index (χ1v) is 8.52. The molecule has 6 heteroatoms. The molecule has 2 aliphatic heterocycles. The minimum Gasteiger partial charge on any atom is -0.433 e. The normalized spacial score (nSPS) is 22.5. The SMILES string of the molecule is CCCCCNC(=O)C1CCC(=O)N1C1OC(=O)c2ccccc21. The third kappa shape index (κ3) is 3.00. The molecule has 0 bridgehead atoms. The molecule has 1 fully saturated rings. The monoisotopic (exact) mass is 330 g/mol. The molecule has 1 aromatic carbocycles. The quantitative estimate of drug-likeness (QED) is 0.640. The van der Waals surface area contributed by atoms with E-state index in [2.05, 4.69) is 12.2 Å². The molecule has 2 heterocycles. The lowest BCUT2D eigenvalue weighted by atomic mass is 10.1. The standard InChI is InChI=1S/C18H22N2O4/c1-2-3-6-11-19-16(22)14-9-10-15(21)20(14)17-12-7-4-5-8-13(12)18(23)24-17/h4-5,7-8,14,17H,2-3,6,9-11H2,1H3,(H,19,22). The third-order valence-corrected chi connectivity index (χ3v) is 4.56. The van der Waals surface area contributed by atoms with Crippen molar-refractivity contribution in [3.05, 3.63) is 35.4 Å². The van der Waals surface area contributed by atoms with E-state index in [1.165, 1.54) is 4.90 Å². The number of nitrogens with zero attached hydrogens (tertiary/aromatic N) is 1. The van der Waals surface area contributed by atoms with Gasteiger partial charge in [-0.25, -0.2) is 4.79 Å². The van der Waals surface area contributed by atoms with Crippen LogP contribution < -0.4 is 5.32 Å². The Morgan fingerprint density at radius 3 is 2.88 bits per heavy atom. The molecule has 2 aliphatic rings. The van der Waals surface area contributed by atoms with Crippen molar-refractivity contribution >= 4 is 17.8 Å². The van der Waals surface area contributed by atoms with E-state index < -0.39 is 18.2 Å². The van der Waals surface area contributed by atoms with E-state index in [-0.39, 0.29) is 11.8 Å². The van der Waals surface area contributed by atoms with E-state index in [1.807, 2.05) is 0 Å². The molecule has 0 aromatic heterocycles. The van der Waals surface area contributed by atoms with Crippen molar-refractivity contribution in [2.45, 2.75) is 51.3 Å².